The summed E-state index contributed by atoms with van der Waals surface area (Å²) in [6.45, 7) is 6.24. The van der Waals surface area contributed by atoms with Crippen LogP contribution in [0.15, 0.2) is 28.2 Å². The maximum absolute atomic E-state index is 5.11. The van der Waals surface area contributed by atoms with E-state index in [2.05, 4.69) is 42.7 Å². The monoisotopic (exact) mass is 381 g/mol. The second-order valence-corrected chi connectivity index (χ2v) is 8.66. The van der Waals surface area contributed by atoms with Crippen LogP contribution in [0.25, 0.3) is 0 Å². The lowest BCUT2D eigenvalue weighted by Crippen LogP contribution is -2.47. The van der Waals surface area contributed by atoms with E-state index in [-0.39, 0.29) is 0 Å². The van der Waals surface area contributed by atoms with Crippen LogP contribution < -0.4 is 10.6 Å². The van der Waals surface area contributed by atoms with E-state index in [4.69, 9.17) is 15.0 Å². The molecule has 2 aliphatic carbocycles. The van der Waals surface area contributed by atoms with Crippen molar-refractivity contribution in [3.05, 3.63) is 29.6 Å². The second kappa shape index (κ2) is 9.27. The van der Waals surface area contributed by atoms with Crippen LogP contribution in [0.3, 0.4) is 0 Å². The highest BCUT2D eigenvalue weighted by Gasteiger charge is 2.27. The molecule has 0 saturated heterocycles. The number of nitrogens with one attached hydrogen (secondary N) is 2. The van der Waals surface area contributed by atoms with Crippen LogP contribution in [0.2, 0.25) is 0 Å². The first-order chi connectivity index (χ1) is 13.7. The molecule has 1 aliphatic heterocycles. The molecule has 4 atom stereocenters. The quantitative estimate of drug-likeness (QED) is 0.723. The van der Waals surface area contributed by atoms with Gasteiger partial charge in [-0.1, -0.05) is 31.7 Å². The van der Waals surface area contributed by atoms with Crippen LogP contribution >= 0.6 is 0 Å². The Labute approximate surface area is 169 Å². The normalized spacial score (nSPS) is 32.1. The Balaban J connectivity index is 1.66. The minimum Gasteiger partial charge on any atom is -0.311 e. The van der Waals surface area contributed by atoms with Crippen LogP contribution in [0.1, 0.15) is 76.6 Å². The van der Waals surface area contributed by atoms with E-state index in [0.29, 0.717) is 24.2 Å². The average molecular weight is 382 g/mol. The Bertz CT molecular complexity index is 668. The summed E-state index contributed by atoms with van der Waals surface area (Å²) in [5.74, 6) is 0. The number of hydrogen-bond acceptors (Lipinski definition) is 5. The van der Waals surface area contributed by atoms with E-state index in [1.54, 1.807) is 0 Å². The molecular weight excluding hydrogens is 346 g/mol. The van der Waals surface area contributed by atoms with Crippen molar-refractivity contribution in [3.63, 3.8) is 0 Å². The first-order valence-electron chi connectivity index (χ1n) is 11.2. The molecule has 1 aromatic rings. The number of rotatable bonds is 0. The van der Waals surface area contributed by atoms with Crippen molar-refractivity contribution < 1.29 is 0 Å². The van der Waals surface area contributed by atoms with Crippen molar-refractivity contribution in [1.82, 2.24) is 15.6 Å². The highest BCUT2D eigenvalue weighted by atomic mass is 15.0. The fourth-order valence-corrected chi connectivity index (χ4v) is 4.99. The largest absolute Gasteiger partial charge is 0.311 e. The minimum absolute atomic E-state index is 0.363. The van der Waals surface area contributed by atoms with Crippen LogP contribution in [0.4, 0.5) is 0 Å². The number of hydrogen-bond donors (Lipinski definition) is 2. The van der Waals surface area contributed by atoms with Crippen molar-refractivity contribution in [2.75, 3.05) is 13.1 Å². The number of fused-ring (bicyclic) bond motifs is 4. The lowest BCUT2D eigenvalue weighted by molar-refractivity contribution is 0.308. The van der Waals surface area contributed by atoms with Crippen LogP contribution in [-0.2, 0) is 0 Å². The molecule has 1 aromatic heterocycles. The van der Waals surface area contributed by atoms with Gasteiger partial charge in [0.15, 0.2) is 0 Å². The molecular formula is C23H35N5. The molecule has 2 fully saturated rings. The number of aliphatic imine (C=N–C) groups is 2. The zero-order valence-corrected chi connectivity index (χ0v) is 17.5. The number of aromatic nitrogens is 1. The van der Waals surface area contributed by atoms with E-state index in [1.807, 2.05) is 0 Å². The van der Waals surface area contributed by atoms with Gasteiger partial charge >= 0.3 is 0 Å². The van der Waals surface area contributed by atoms with E-state index >= 15 is 0 Å². The van der Waals surface area contributed by atoms with Gasteiger partial charge in [0.1, 0.15) is 0 Å². The predicted octanol–water partition coefficient (Wildman–Crippen LogP) is 3.51. The van der Waals surface area contributed by atoms with Gasteiger partial charge in [-0.25, -0.2) is 4.98 Å². The van der Waals surface area contributed by atoms with Crippen LogP contribution in [-0.4, -0.2) is 53.7 Å². The first kappa shape index (κ1) is 19.7. The standard InChI is InChI=1S/C23H35N5/c1-16-18-12-7-13-19(28-18)17(2)27-23-11-6-4-9-21(23)25-15-14-24-20-8-3-5-10-22(20)26-16/h7,12-13,20-25H,3-6,8-11,14-15H2,1-2H3/t20?,21?,22-,23-/m1/s1. The fraction of sp³-hybridized carbons (Fsp3) is 0.696. The Morgan fingerprint density at radius 2 is 1.18 bits per heavy atom. The second-order valence-electron chi connectivity index (χ2n) is 8.66. The molecule has 2 bridgehead atoms. The smallest absolute Gasteiger partial charge is 0.0845 e. The fourth-order valence-electron chi connectivity index (χ4n) is 4.99. The molecule has 2 unspecified atom stereocenters. The van der Waals surface area contributed by atoms with E-state index in [0.717, 1.165) is 35.9 Å². The average Bonchev–Trinajstić information content (AvgIpc) is 2.73. The molecule has 5 nitrogen and oxygen atoms in total. The lowest BCUT2D eigenvalue weighted by Gasteiger charge is -2.32. The predicted molar refractivity (Wildman–Crippen MR) is 117 cm³/mol. The van der Waals surface area contributed by atoms with Crippen molar-refractivity contribution in [3.8, 4) is 0 Å². The summed E-state index contributed by atoms with van der Waals surface area (Å²) in [6, 6.07) is 7.97. The van der Waals surface area contributed by atoms with Gasteiger partial charge in [-0.2, -0.15) is 0 Å². The third-order valence-electron chi connectivity index (χ3n) is 6.61. The van der Waals surface area contributed by atoms with Gasteiger partial charge in [0.05, 0.1) is 34.9 Å². The summed E-state index contributed by atoms with van der Waals surface area (Å²) in [6.07, 6.45) is 9.97. The Hall–Kier alpha value is -1.59. The molecule has 0 spiro atoms. The van der Waals surface area contributed by atoms with Crippen molar-refractivity contribution in [1.29, 1.82) is 0 Å². The van der Waals surface area contributed by atoms with E-state index < -0.39 is 0 Å². The summed E-state index contributed by atoms with van der Waals surface area (Å²) in [5.41, 5.74) is 4.09. The van der Waals surface area contributed by atoms with E-state index in [9.17, 15) is 0 Å². The molecule has 4 rings (SSSR count). The topological polar surface area (TPSA) is 61.7 Å². The summed E-state index contributed by atoms with van der Waals surface area (Å²) in [4.78, 5) is 15.1. The maximum Gasteiger partial charge on any atom is 0.0845 e. The summed E-state index contributed by atoms with van der Waals surface area (Å²) >= 11 is 0. The Morgan fingerprint density at radius 1 is 0.714 bits per heavy atom. The minimum atomic E-state index is 0.363. The molecule has 2 saturated carbocycles. The highest BCUT2D eigenvalue weighted by molar-refractivity contribution is 6.00. The highest BCUT2D eigenvalue weighted by Crippen LogP contribution is 2.24. The lowest BCUT2D eigenvalue weighted by atomic mass is 9.90. The maximum atomic E-state index is 5.11. The molecule has 0 aromatic carbocycles. The zero-order valence-electron chi connectivity index (χ0n) is 17.5. The van der Waals surface area contributed by atoms with Crippen molar-refractivity contribution >= 4 is 11.4 Å². The van der Waals surface area contributed by atoms with Gasteiger partial charge in [-0.3, -0.25) is 9.98 Å². The molecule has 0 radical (unpaired) electrons. The van der Waals surface area contributed by atoms with E-state index in [1.165, 1.54) is 51.4 Å². The molecule has 0 amide bonds. The SMILES string of the molecule is CC1=N[C@@H]2CCCCC2NCCNC2CCCC[C@H]2N=C(C)c2cccc1n2. The third-order valence-corrected chi connectivity index (χ3v) is 6.61. The summed E-state index contributed by atoms with van der Waals surface area (Å²) in [5, 5.41) is 7.59. The zero-order chi connectivity index (χ0) is 19.3. The van der Waals surface area contributed by atoms with Gasteiger partial charge < -0.3 is 10.6 Å². The number of pyridine rings is 1. The van der Waals surface area contributed by atoms with Gasteiger partial charge in [0.25, 0.3) is 0 Å². The van der Waals surface area contributed by atoms with Gasteiger partial charge in [0, 0.05) is 25.2 Å². The molecule has 3 aliphatic rings. The van der Waals surface area contributed by atoms with Gasteiger partial charge in [-0.15, -0.1) is 0 Å². The van der Waals surface area contributed by atoms with Gasteiger partial charge in [0.2, 0.25) is 0 Å². The number of nitrogens with zero attached hydrogens (tertiary/aromatic N) is 3. The summed E-state index contributed by atoms with van der Waals surface area (Å²) < 4.78 is 0. The summed E-state index contributed by atoms with van der Waals surface area (Å²) in [7, 11) is 0. The molecule has 28 heavy (non-hydrogen) atoms. The molecule has 2 heterocycles. The van der Waals surface area contributed by atoms with Crippen molar-refractivity contribution in [2.24, 2.45) is 9.98 Å². The molecule has 5 heteroatoms. The van der Waals surface area contributed by atoms with Crippen LogP contribution in [0, 0.1) is 0 Å². The Kier molecular flexibility index (Phi) is 6.53. The molecule has 2 N–H and O–H groups in total. The molecule has 152 valence electrons. The Morgan fingerprint density at radius 3 is 1.68 bits per heavy atom. The third kappa shape index (κ3) is 4.69. The van der Waals surface area contributed by atoms with Gasteiger partial charge in [-0.05, 0) is 51.7 Å². The van der Waals surface area contributed by atoms with Crippen LogP contribution in [0.5, 0.6) is 0 Å². The first-order valence-corrected chi connectivity index (χ1v) is 11.2. The van der Waals surface area contributed by atoms with Crippen molar-refractivity contribution in [2.45, 2.75) is 89.4 Å².